The van der Waals surface area contributed by atoms with E-state index in [0.717, 1.165) is 10.4 Å². The van der Waals surface area contributed by atoms with Gasteiger partial charge in [0.25, 0.3) is 5.91 Å². The SMILES string of the molecule is CC(=O)Nc1cccc([C@@H](C)NC(=O)c2cccc(OCc3cccs3)c2)c1. The number of amides is 2. The van der Waals surface area contributed by atoms with Gasteiger partial charge in [-0.3, -0.25) is 9.59 Å². The van der Waals surface area contributed by atoms with E-state index < -0.39 is 0 Å². The summed E-state index contributed by atoms with van der Waals surface area (Å²) in [5.41, 5.74) is 2.15. The average Bonchev–Trinajstić information content (AvgIpc) is 3.20. The van der Waals surface area contributed by atoms with Gasteiger partial charge in [-0.25, -0.2) is 0 Å². The average molecular weight is 394 g/mol. The van der Waals surface area contributed by atoms with E-state index in [1.165, 1.54) is 6.92 Å². The van der Waals surface area contributed by atoms with E-state index in [-0.39, 0.29) is 17.9 Å². The summed E-state index contributed by atoms with van der Waals surface area (Å²) in [5, 5.41) is 7.74. The summed E-state index contributed by atoms with van der Waals surface area (Å²) >= 11 is 1.63. The molecule has 5 nitrogen and oxygen atoms in total. The van der Waals surface area contributed by atoms with Crippen molar-refractivity contribution in [1.29, 1.82) is 0 Å². The zero-order valence-electron chi connectivity index (χ0n) is 15.8. The lowest BCUT2D eigenvalue weighted by Gasteiger charge is -2.16. The van der Waals surface area contributed by atoms with Gasteiger partial charge in [0.1, 0.15) is 12.4 Å². The molecule has 0 bridgehead atoms. The number of anilines is 1. The predicted molar refractivity (Wildman–Crippen MR) is 112 cm³/mol. The van der Waals surface area contributed by atoms with E-state index in [9.17, 15) is 9.59 Å². The Bertz CT molecular complexity index is 954. The van der Waals surface area contributed by atoms with E-state index >= 15 is 0 Å². The Labute approximate surface area is 168 Å². The first kappa shape index (κ1) is 19.6. The second kappa shape index (κ2) is 9.19. The van der Waals surface area contributed by atoms with Crippen LogP contribution in [0, 0.1) is 0 Å². The molecule has 0 aliphatic rings. The molecule has 0 saturated heterocycles. The van der Waals surface area contributed by atoms with Crippen molar-refractivity contribution in [2.75, 3.05) is 5.32 Å². The Morgan fingerprint density at radius 1 is 1.07 bits per heavy atom. The predicted octanol–water partition coefficient (Wildman–Crippen LogP) is 4.78. The third-order valence-corrected chi connectivity index (χ3v) is 4.96. The van der Waals surface area contributed by atoms with Crippen molar-refractivity contribution in [2.24, 2.45) is 0 Å². The fraction of sp³-hybridized carbons (Fsp3) is 0.182. The van der Waals surface area contributed by atoms with Crippen molar-refractivity contribution in [2.45, 2.75) is 26.5 Å². The largest absolute Gasteiger partial charge is 0.488 e. The number of hydrogen-bond acceptors (Lipinski definition) is 4. The van der Waals surface area contributed by atoms with Gasteiger partial charge in [0.2, 0.25) is 5.91 Å². The van der Waals surface area contributed by atoms with Crippen LogP contribution in [0.3, 0.4) is 0 Å². The topological polar surface area (TPSA) is 67.4 Å². The summed E-state index contributed by atoms with van der Waals surface area (Å²) in [5.74, 6) is 0.341. The first-order valence-electron chi connectivity index (χ1n) is 8.95. The quantitative estimate of drug-likeness (QED) is 0.606. The highest BCUT2D eigenvalue weighted by molar-refractivity contribution is 7.09. The number of benzene rings is 2. The molecular formula is C22H22N2O3S. The minimum absolute atomic E-state index is 0.131. The zero-order chi connectivity index (χ0) is 19.9. The van der Waals surface area contributed by atoms with Crippen LogP contribution in [-0.2, 0) is 11.4 Å². The van der Waals surface area contributed by atoms with Gasteiger partial charge >= 0.3 is 0 Å². The Hall–Kier alpha value is -3.12. The second-order valence-corrected chi connectivity index (χ2v) is 7.43. The van der Waals surface area contributed by atoms with Crippen LogP contribution >= 0.6 is 11.3 Å². The van der Waals surface area contributed by atoms with Gasteiger partial charge in [-0.2, -0.15) is 0 Å². The Morgan fingerprint density at radius 2 is 1.89 bits per heavy atom. The van der Waals surface area contributed by atoms with Crippen LogP contribution in [0.1, 0.15) is 40.7 Å². The molecule has 0 spiro atoms. The number of hydrogen-bond donors (Lipinski definition) is 2. The van der Waals surface area contributed by atoms with E-state index in [4.69, 9.17) is 4.74 Å². The number of nitrogens with one attached hydrogen (secondary N) is 2. The van der Waals surface area contributed by atoms with Crippen LogP contribution in [-0.4, -0.2) is 11.8 Å². The van der Waals surface area contributed by atoms with Crippen molar-refractivity contribution < 1.29 is 14.3 Å². The van der Waals surface area contributed by atoms with E-state index in [1.54, 1.807) is 29.5 Å². The zero-order valence-corrected chi connectivity index (χ0v) is 16.6. The maximum Gasteiger partial charge on any atom is 0.251 e. The van der Waals surface area contributed by atoms with Crippen LogP contribution in [0.5, 0.6) is 5.75 Å². The molecule has 0 radical (unpaired) electrons. The molecule has 1 atom stereocenters. The summed E-state index contributed by atoms with van der Waals surface area (Å²) in [4.78, 5) is 25.0. The van der Waals surface area contributed by atoms with E-state index in [0.29, 0.717) is 23.6 Å². The van der Waals surface area contributed by atoms with Crippen LogP contribution in [0.4, 0.5) is 5.69 Å². The minimum atomic E-state index is -0.211. The molecule has 1 heterocycles. The van der Waals surface area contributed by atoms with Crippen molar-refractivity contribution in [1.82, 2.24) is 5.32 Å². The molecule has 0 unspecified atom stereocenters. The standard InChI is InChI=1S/C22H22N2O3S/c1-15(17-6-3-8-19(12-17)24-16(2)25)23-22(26)18-7-4-9-20(13-18)27-14-21-10-5-11-28-21/h3-13,15H,14H2,1-2H3,(H,23,26)(H,24,25)/t15-/m1/s1. The van der Waals surface area contributed by atoms with Crippen molar-refractivity contribution in [3.05, 3.63) is 82.0 Å². The molecule has 144 valence electrons. The van der Waals surface area contributed by atoms with Crippen LogP contribution in [0.15, 0.2) is 66.0 Å². The summed E-state index contributed by atoms with van der Waals surface area (Å²) in [7, 11) is 0. The van der Waals surface area contributed by atoms with Gasteiger partial charge in [-0.1, -0.05) is 24.3 Å². The fourth-order valence-corrected chi connectivity index (χ4v) is 3.34. The van der Waals surface area contributed by atoms with Gasteiger partial charge in [-0.05, 0) is 54.3 Å². The summed E-state index contributed by atoms with van der Waals surface area (Å²) in [6, 6.07) is 18.4. The number of ether oxygens (including phenoxy) is 1. The van der Waals surface area contributed by atoms with Gasteiger partial charge in [0, 0.05) is 23.1 Å². The lowest BCUT2D eigenvalue weighted by molar-refractivity contribution is -0.114. The number of thiophene rings is 1. The number of carbonyl (C=O) groups is 2. The van der Waals surface area contributed by atoms with Crippen LogP contribution in [0.25, 0.3) is 0 Å². The van der Waals surface area contributed by atoms with Crippen LogP contribution in [0.2, 0.25) is 0 Å². The highest BCUT2D eigenvalue weighted by atomic mass is 32.1. The number of carbonyl (C=O) groups excluding carboxylic acids is 2. The number of rotatable bonds is 7. The molecule has 2 aromatic carbocycles. The van der Waals surface area contributed by atoms with Crippen LogP contribution < -0.4 is 15.4 Å². The lowest BCUT2D eigenvalue weighted by atomic mass is 10.1. The Kier molecular flexibility index (Phi) is 6.45. The van der Waals surface area contributed by atoms with Crippen molar-refractivity contribution >= 4 is 28.8 Å². The molecule has 6 heteroatoms. The summed E-state index contributed by atoms with van der Waals surface area (Å²) in [6.07, 6.45) is 0. The highest BCUT2D eigenvalue weighted by Gasteiger charge is 2.13. The fourth-order valence-electron chi connectivity index (χ4n) is 2.73. The normalized spacial score (nSPS) is 11.5. The summed E-state index contributed by atoms with van der Waals surface area (Å²) < 4.78 is 5.77. The van der Waals surface area contributed by atoms with Crippen molar-refractivity contribution in [3.63, 3.8) is 0 Å². The summed E-state index contributed by atoms with van der Waals surface area (Å²) in [6.45, 7) is 3.85. The van der Waals surface area contributed by atoms with Crippen molar-refractivity contribution in [3.8, 4) is 5.75 Å². The third kappa shape index (κ3) is 5.44. The minimum Gasteiger partial charge on any atom is -0.488 e. The monoisotopic (exact) mass is 394 g/mol. The smallest absolute Gasteiger partial charge is 0.251 e. The molecule has 28 heavy (non-hydrogen) atoms. The first-order chi connectivity index (χ1) is 13.5. The Morgan fingerprint density at radius 3 is 2.64 bits per heavy atom. The van der Waals surface area contributed by atoms with E-state index in [1.807, 2.05) is 54.8 Å². The van der Waals surface area contributed by atoms with Gasteiger partial charge in [-0.15, -0.1) is 11.3 Å². The Balaban J connectivity index is 1.64. The van der Waals surface area contributed by atoms with Gasteiger partial charge in [0.05, 0.1) is 6.04 Å². The molecule has 3 aromatic rings. The van der Waals surface area contributed by atoms with Gasteiger partial charge in [0.15, 0.2) is 0 Å². The molecule has 0 aliphatic carbocycles. The van der Waals surface area contributed by atoms with E-state index in [2.05, 4.69) is 10.6 Å². The first-order valence-corrected chi connectivity index (χ1v) is 9.83. The molecule has 0 aliphatic heterocycles. The third-order valence-electron chi connectivity index (χ3n) is 4.11. The molecule has 0 saturated carbocycles. The highest BCUT2D eigenvalue weighted by Crippen LogP contribution is 2.20. The maximum absolute atomic E-state index is 12.6. The van der Waals surface area contributed by atoms with Gasteiger partial charge < -0.3 is 15.4 Å². The molecular weight excluding hydrogens is 372 g/mol. The molecule has 1 aromatic heterocycles. The second-order valence-electron chi connectivity index (χ2n) is 6.40. The molecule has 0 fully saturated rings. The lowest BCUT2D eigenvalue weighted by Crippen LogP contribution is -2.26. The molecule has 3 rings (SSSR count). The maximum atomic E-state index is 12.6. The molecule has 2 N–H and O–H groups in total. The molecule has 2 amide bonds.